The van der Waals surface area contributed by atoms with Crippen LogP contribution >= 0.6 is 22.6 Å². The SMILES string of the molecule is CCOC(=O)C(=CI)C(O[Si](CC)(CC)CC)c1ccc(F)cc1. The minimum Gasteiger partial charge on any atom is -0.463 e. The molecule has 1 aromatic rings. The number of ether oxygens (including phenoxy) is 1. The Kier molecular flexibility index (Phi) is 9.15. The number of carbonyl (C=O) groups is 1. The molecule has 134 valence electrons. The monoisotopic (exact) mass is 464 g/mol. The summed E-state index contributed by atoms with van der Waals surface area (Å²) in [6.07, 6.45) is -0.520. The van der Waals surface area contributed by atoms with Crippen molar-refractivity contribution in [3.63, 3.8) is 0 Å². The van der Waals surface area contributed by atoms with Crippen molar-refractivity contribution in [1.29, 1.82) is 0 Å². The molecule has 1 unspecified atom stereocenters. The largest absolute Gasteiger partial charge is 0.463 e. The van der Waals surface area contributed by atoms with Gasteiger partial charge in [-0.25, -0.2) is 9.18 Å². The van der Waals surface area contributed by atoms with Crippen molar-refractivity contribution in [2.24, 2.45) is 0 Å². The third kappa shape index (κ3) is 5.39. The minimum absolute atomic E-state index is 0.306. The first-order valence-electron chi connectivity index (χ1n) is 8.37. The Balaban J connectivity index is 3.30. The zero-order valence-electron chi connectivity index (χ0n) is 14.8. The molecular weight excluding hydrogens is 438 g/mol. The highest BCUT2D eigenvalue weighted by Crippen LogP contribution is 2.35. The van der Waals surface area contributed by atoms with Gasteiger partial charge in [-0.05, 0) is 46.8 Å². The van der Waals surface area contributed by atoms with Gasteiger partial charge in [0, 0.05) is 0 Å². The highest BCUT2D eigenvalue weighted by atomic mass is 127. The van der Waals surface area contributed by atoms with E-state index in [1.807, 2.05) is 22.6 Å². The van der Waals surface area contributed by atoms with Gasteiger partial charge < -0.3 is 9.16 Å². The number of carbonyl (C=O) groups excluding carboxylic acids is 1. The maximum Gasteiger partial charge on any atom is 0.337 e. The normalized spacial score (nSPS) is 13.7. The highest BCUT2D eigenvalue weighted by Gasteiger charge is 2.36. The zero-order valence-corrected chi connectivity index (χ0v) is 17.9. The topological polar surface area (TPSA) is 35.5 Å². The van der Waals surface area contributed by atoms with Gasteiger partial charge in [-0.1, -0.05) is 55.5 Å². The van der Waals surface area contributed by atoms with Crippen molar-refractivity contribution in [2.75, 3.05) is 6.61 Å². The lowest BCUT2D eigenvalue weighted by molar-refractivity contribution is -0.139. The molecule has 0 aliphatic carbocycles. The van der Waals surface area contributed by atoms with Gasteiger partial charge in [0.15, 0.2) is 8.32 Å². The van der Waals surface area contributed by atoms with Gasteiger partial charge in [-0.2, -0.15) is 0 Å². The molecule has 0 aliphatic rings. The first-order valence-corrected chi connectivity index (χ1v) is 12.1. The standard InChI is InChI=1S/C18H26FIO3Si/c1-5-22-18(21)16(13-20)17(14-9-11-15(19)12-10-14)23-24(6-2,7-3)8-4/h9-13,17H,5-8H2,1-4H3. The van der Waals surface area contributed by atoms with Crippen LogP contribution in [0.1, 0.15) is 39.4 Å². The summed E-state index contributed by atoms with van der Waals surface area (Å²) in [6, 6.07) is 9.06. The summed E-state index contributed by atoms with van der Waals surface area (Å²) in [4.78, 5) is 12.4. The Bertz CT molecular complexity index is 548. The van der Waals surface area contributed by atoms with Gasteiger partial charge in [0.25, 0.3) is 0 Å². The van der Waals surface area contributed by atoms with Crippen LogP contribution in [0, 0.1) is 5.82 Å². The highest BCUT2D eigenvalue weighted by molar-refractivity contribution is 14.1. The fourth-order valence-electron chi connectivity index (χ4n) is 2.62. The van der Waals surface area contributed by atoms with E-state index >= 15 is 0 Å². The van der Waals surface area contributed by atoms with Crippen LogP contribution in [-0.4, -0.2) is 20.9 Å². The first kappa shape index (κ1) is 21.3. The molecule has 3 nitrogen and oxygen atoms in total. The second-order valence-corrected chi connectivity index (χ2v) is 10.9. The van der Waals surface area contributed by atoms with Crippen LogP contribution in [0.2, 0.25) is 18.1 Å². The summed E-state index contributed by atoms with van der Waals surface area (Å²) in [5, 5.41) is 0. The van der Waals surface area contributed by atoms with Crippen LogP contribution in [0.5, 0.6) is 0 Å². The quantitative estimate of drug-likeness (QED) is 0.202. The minimum atomic E-state index is -1.97. The van der Waals surface area contributed by atoms with Crippen molar-refractivity contribution < 1.29 is 18.3 Å². The molecule has 6 heteroatoms. The lowest BCUT2D eigenvalue weighted by Crippen LogP contribution is -2.38. The van der Waals surface area contributed by atoms with Crippen molar-refractivity contribution in [3.8, 4) is 0 Å². The Morgan fingerprint density at radius 2 is 1.71 bits per heavy atom. The molecule has 0 aliphatic heterocycles. The van der Waals surface area contributed by atoms with E-state index in [1.165, 1.54) is 12.1 Å². The molecule has 0 amide bonds. The van der Waals surface area contributed by atoms with E-state index in [2.05, 4.69) is 20.8 Å². The van der Waals surface area contributed by atoms with Crippen LogP contribution in [0.15, 0.2) is 33.9 Å². The van der Waals surface area contributed by atoms with Gasteiger partial charge in [0.05, 0.1) is 12.2 Å². The Hall–Kier alpha value is -0.733. The first-order chi connectivity index (χ1) is 11.5. The lowest BCUT2D eigenvalue weighted by Gasteiger charge is -2.34. The third-order valence-electron chi connectivity index (χ3n) is 4.38. The van der Waals surface area contributed by atoms with Gasteiger partial charge in [-0.15, -0.1) is 0 Å². The van der Waals surface area contributed by atoms with E-state index in [4.69, 9.17) is 9.16 Å². The van der Waals surface area contributed by atoms with Gasteiger partial charge in [-0.3, -0.25) is 0 Å². The summed E-state index contributed by atoms with van der Waals surface area (Å²) in [5.41, 5.74) is 1.25. The van der Waals surface area contributed by atoms with E-state index in [-0.39, 0.29) is 11.8 Å². The van der Waals surface area contributed by atoms with Crippen molar-refractivity contribution in [2.45, 2.75) is 51.9 Å². The molecule has 0 saturated heterocycles. The maximum atomic E-state index is 13.3. The second-order valence-electron chi connectivity index (χ2n) is 5.58. The average molecular weight is 464 g/mol. The van der Waals surface area contributed by atoms with Gasteiger partial charge in [0.2, 0.25) is 0 Å². The molecule has 1 atom stereocenters. The summed E-state index contributed by atoms with van der Waals surface area (Å²) in [7, 11) is -1.97. The van der Waals surface area contributed by atoms with E-state index in [0.717, 1.165) is 23.7 Å². The summed E-state index contributed by atoms with van der Waals surface area (Å²) >= 11 is 2.04. The Morgan fingerprint density at radius 3 is 2.12 bits per heavy atom. The molecule has 0 aromatic heterocycles. The van der Waals surface area contributed by atoms with Crippen molar-refractivity contribution in [3.05, 3.63) is 45.3 Å². The Labute approximate surface area is 158 Å². The molecule has 0 N–H and O–H groups in total. The number of halogens is 2. The fourth-order valence-corrected chi connectivity index (χ4v) is 5.97. The second kappa shape index (κ2) is 10.3. The molecule has 0 fully saturated rings. The molecule has 0 heterocycles. The van der Waals surface area contributed by atoms with E-state index in [1.54, 1.807) is 23.1 Å². The summed E-state index contributed by atoms with van der Waals surface area (Å²) < 4.78 is 26.8. The number of rotatable bonds is 9. The van der Waals surface area contributed by atoms with E-state index < -0.39 is 14.4 Å². The smallest absolute Gasteiger partial charge is 0.337 e. The number of esters is 1. The third-order valence-corrected chi connectivity index (χ3v) is 9.66. The maximum absolute atomic E-state index is 13.3. The van der Waals surface area contributed by atoms with E-state index in [0.29, 0.717) is 12.2 Å². The molecule has 0 bridgehead atoms. The van der Waals surface area contributed by atoms with Crippen LogP contribution in [0.25, 0.3) is 0 Å². The fraction of sp³-hybridized carbons (Fsp3) is 0.500. The molecule has 0 radical (unpaired) electrons. The predicted molar refractivity (Wildman–Crippen MR) is 106 cm³/mol. The van der Waals surface area contributed by atoms with Crippen molar-refractivity contribution >= 4 is 36.9 Å². The zero-order chi connectivity index (χ0) is 18.2. The number of hydrogen-bond donors (Lipinski definition) is 0. The van der Waals surface area contributed by atoms with Crippen LogP contribution < -0.4 is 0 Å². The molecule has 1 aromatic carbocycles. The summed E-state index contributed by atoms with van der Waals surface area (Å²) in [5.74, 6) is -0.689. The lowest BCUT2D eigenvalue weighted by atomic mass is 10.0. The van der Waals surface area contributed by atoms with E-state index in [9.17, 15) is 9.18 Å². The number of benzene rings is 1. The molecule has 1 rings (SSSR count). The van der Waals surface area contributed by atoms with Crippen LogP contribution in [-0.2, 0) is 14.0 Å². The van der Waals surface area contributed by atoms with Gasteiger partial charge in [0.1, 0.15) is 11.9 Å². The molecular formula is C18H26FIO3Si. The van der Waals surface area contributed by atoms with Crippen LogP contribution in [0.3, 0.4) is 0 Å². The molecule has 0 saturated carbocycles. The van der Waals surface area contributed by atoms with Crippen molar-refractivity contribution in [1.82, 2.24) is 0 Å². The summed E-state index contributed by atoms with van der Waals surface area (Å²) in [6.45, 7) is 8.50. The molecule has 24 heavy (non-hydrogen) atoms. The number of hydrogen-bond acceptors (Lipinski definition) is 3. The van der Waals surface area contributed by atoms with Crippen LogP contribution in [0.4, 0.5) is 4.39 Å². The molecule has 0 spiro atoms. The predicted octanol–water partition coefficient (Wildman–Crippen LogP) is 5.77. The Morgan fingerprint density at radius 1 is 1.17 bits per heavy atom. The average Bonchev–Trinajstić information content (AvgIpc) is 2.60. The van der Waals surface area contributed by atoms with Gasteiger partial charge >= 0.3 is 5.97 Å².